The Balaban J connectivity index is 2.12. The molecular weight excluding hydrogens is 248 g/mol. The molecule has 1 saturated heterocycles. The van der Waals surface area contributed by atoms with Crippen LogP contribution in [0, 0.1) is 0 Å². The lowest BCUT2D eigenvalue weighted by molar-refractivity contribution is 0.506. The van der Waals surface area contributed by atoms with Crippen molar-refractivity contribution < 1.29 is 0 Å². The molecule has 1 aliphatic rings. The van der Waals surface area contributed by atoms with Gasteiger partial charge in [-0.15, -0.1) is 11.3 Å². The Hall–Kier alpha value is -0.0600. The highest BCUT2D eigenvalue weighted by molar-refractivity contribution is 9.10. The number of halogens is 1. The Bertz CT molecular complexity index is 287. The van der Waals surface area contributed by atoms with Crippen LogP contribution >= 0.6 is 27.3 Å². The average Bonchev–Trinajstić information content (AvgIpc) is 2.51. The van der Waals surface area contributed by atoms with E-state index in [-0.39, 0.29) is 0 Å². The third-order valence-electron chi connectivity index (χ3n) is 2.39. The molecule has 1 aromatic heterocycles. The highest BCUT2D eigenvalue weighted by Gasteiger charge is 2.18. The normalized spacial score (nSPS) is 23.5. The first-order chi connectivity index (χ1) is 6.27. The van der Waals surface area contributed by atoms with E-state index in [1.165, 1.54) is 16.6 Å². The lowest BCUT2D eigenvalue weighted by Crippen LogP contribution is -2.42. The van der Waals surface area contributed by atoms with Crippen LogP contribution in [0.3, 0.4) is 0 Å². The first kappa shape index (κ1) is 9.49. The molecule has 0 spiro atoms. The van der Waals surface area contributed by atoms with Gasteiger partial charge in [0.15, 0.2) is 0 Å². The number of rotatable bonds is 1. The average molecular weight is 261 g/mol. The van der Waals surface area contributed by atoms with Crippen LogP contribution in [0.5, 0.6) is 0 Å². The van der Waals surface area contributed by atoms with E-state index in [1.807, 2.05) is 0 Å². The smallest absolute Gasteiger partial charge is 0.0619 e. The van der Waals surface area contributed by atoms with E-state index in [9.17, 15) is 0 Å². The summed E-state index contributed by atoms with van der Waals surface area (Å²) in [6.45, 7) is 2.14. The number of anilines is 1. The summed E-state index contributed by atoms with van der Waals surface area (Å²) in [5.41, 5.74) is 7.23. The van der Waals surface area contributed by atoms with Gasteiger partial charge >= 0.3 is 0 Å². The minimum Gasteiger partial charge on any atom is -0.368 e. The van der Waals surface area contributed by atoms with Gasteiger partial charge in [-0.1, -0.05) is 0 Å². The van der Waals surface area contributed by atoms with Crippen molar-refractivity contribution in [2.75, 3.05) is 18.0 Å². The third-order valence-corrected chi connectivity index (χ3v) is 4.06. The molecule has 72 valence electrons. The van der Waals surface area contributed by atoms with Gasteiger partial charge in [0.1, 0.15) is 0 Å². The molecule has 1 aromatic rings. The maximum atomic E-state index is 5.93. The van der Waals surface area contributed by atoms with Gasteiger partial charge in [-0.2, -0.15) is 0 Å². The largest absolute Gasteiger partial charge is 0.368 e. The summed E-state index contributed by atoms with van der Waals surface area (Å²) in [6.07, 6.45) is 2.38. The van der Waals surface area contributed by atoms with Gasteiger partial charge in [-0.05, 0) is 28.8 Å². The molecule has 0 aromatic carbocycles. The summed E-state index contributed by atoms with van der Waals surface area (Å²) in [4.78, 5) is 2.37. The van der Waals surface area contributed by atoms with Gasteiger partial charge in [-0.25, -0.2) is 0 Å². The highest BCUT2D eigenvalue weighted by Crippen LogP contribution is 2.31. The fourth-order valence-electron chi connectivity index (χ4n) is 1.73. The second-order valence-electron chi connectivity index (χ2n) is 3.45. The van der Waals surface area contributed by atoms with Crippen LogP contribution < -0.4 is 10.6 Å². The Kier molecular flexibility index (Phi) is 2.91. The summed E-state index contributed by atoms with van der Waals surface area (Å²) < 4.78 is 1.20. The topological polar surface area (TPSA) is 29.3 Å². The molecule has 2 rings (SSSR count). The van der Waals surface area contributed by atoms with E-state index in [2.05, 4.69) is 31.6 Å². The molecule has 0 bridgehead atoms. The zero-order chi connectivity index (χ0) is 9.26. The summed E-state index contributed by atoms with van der Waals surface area (Å²) in [7, 11) is 0. The highest BCUT2D eigenvalue weighted by atomic mass is 79.9. The van der Waals surface area contributed by atoms with E-state index >= 15 is 0 Å². The minimum absolute atomic E-state index is 0.348. The Morgan fingerprint density at radius 3 is 3.00 bits per heavy atom. The fourth-order valence-corrected chi connectivity index (χ4v) is 3.28. The Morgan fingerprint density at radius 2 is 2.38 bits per heavy atom. The van der Waals surface area contributed by atoms with Crippen LogP contribution in [0.2, 0.25) is 0 Å². The second-order valence-corrected chi connectivity index (χ2v) is 5.05. The predicted octanol–water partition coefficient (Wildman–Crippen LogP) is 2.44. The van der Waals surface area contributed by atoms with Crippen LogP contribution in [-0.4, -0.2) is 19.1 Å². The molecule has 0 radical (unpaired) electrons. The molecular formula is C9H13BrN2S. The van der Waals surface area contributed by atoms with Crippen molar-refractivity contribution in [3.8, 4) is 0 Å². The lowest BCUT2D eigenvalue weighted by atomic mass is 10.1. The third kappa shape index (κ3) is 2.06. The monoisotopic (exact) mass is 260 g/mol. The van der Waals surface area contributed by atoms with Crippen LogP contribution in [0.15, 0.2) is 15.2 Å². The van der Waals surface area contributed by atoms with Crippen LogP contribution in [0.1, 0.15) is 12.8 Å². The van der Waals surface area contributed by atoms with Crippen LogP contribution in [0.25, 0.3) is 0 Å². The van der Waals surface area contributed by atoms with Crippen molar-refractivity contribution in [3.05, 3.63) is 15.2 Å². The molecule has 1 fully saturated rings. The van der Waals surface area contributed by atoms with E-state index in [4.69, 9.17) is 5.73 Å². The zero-order valence-electron chi connectivity index (χ0n) is 7.37. The first-order valence-corrected chi connectivity index (χ1v) is 6.23. The minimum atomic E-state index is 0.348. The van der Waals surface area contributed by atoms with Crippen molar-refractivity contribution in [1.82, 2.24) is 0 Å². The van der Waals surface area contributed by atoms with Crippen molar-refractivity contribution in [2.24, 2.45) is 5.73 Å². The molecule has 4 heteroatoms. The molecule has 1 aliphatic heterocycles. The van der Waals surface area contributed by atoms with Gasteiger partial charge in [0.05, 0.1) is 10.2 Å². The van der Waals surface area contributed by atoms with Gasteiger partial charge in [0.25, 0.3) is 0 Å². The zero-order valence-corrected chi connectivity index (χ0v) is 9.77. The van der Waals surface area contributed by atoms with Gasteiger partial charge in [-0.3, -0.25) is 0 Å². The Morgan fingerprint density at radius 1 is 1.54 bits per heavy atom. The van der Waals surface area contributed by atoms with Gasteiger partial charge < -0.3 is 10.6 Å². The van der Waals surface area contributed by atoms with E-state index in [0.29, 0.717) is 6.04 Å². The van der Waals surface area contributed by atoms with Crippen molar-refractivity contribution >= 4 is 33.0 Å². The van der Waals surface area contributed by atoms with E-state index < -0.39 is 0 Å². The number of hydrogen-bond donors (Lipinski definition) is 1. The first-order valence-electron chi connectivity index (χ1n) is 4.49. The quantitative estimate of drug-likeness (QED) is 0.841. The maximum Gasteiger partial charge on any atom is 0.0619 e. The number of nitrogens with zero attached hydrogens (tertiary/aromatic N) is 1. The number of hydrogen-bond acceptors (Lipinski definition) is 3. The summed E-state index contributed by atoms with van der Waals surface area (Å²) in [5.74, 6) is 0. The lowest BCUT2D eigenvalue weighted by Gasteiger charge is -2.32. The fraction of sp³-hybridized carbons (Fsp3) is 0.556. The molecule has 2 nitrogen and oxygen atoms in total. The van der Waals surface area contributed by atoms with E-state index in [1.54, 1.807) is 11.3 Å². The maximum absolute atomic E-state index is 5.93. The van der Waals surface area contributed by atoms with Crippen molar-refractivity contribution in [3.63, 3.8) is 0 Å². The molecule has 1 unspecified atom stereocenters. The molecule has 0 saturated carbocycles. The summed E-state index contributed by atoms with van der Waals surface area (Å²) >= 11 is 5.28. The van der Waals surface area contributed by atoms with Crippen LogP contribution in [0.4, 0.5) is 5.69 Å². The molecule has 0 aliphatic carbocycles. The number of nitrogens with two attached hydrogens (primary N) is 1. The number of piperidine rings is 1. The molecule has 2 N–H and O–H groups in total. The number of thiophene rings is 1. The second kappa shape index (κ2) is 3.98. The molecule has 1 atom stereocenters. The molecule has 0 amide bonds. The summed E-state index contributed by atoms with van der Waals surface area (Å²) in [6, 6.07) is 0.348. The van der Waals surface area contributed by atoms with Crippen molar-refractivity contribution in [2.45, 2.75) is 18.9 Å². The Labute approximate surface area is 90.9 Å². The van der Waals surface area contributed by atoms with Crippen molar-refractivity contribution in [1.29, 1.82) is 0 Å². The van der Waals surface area contributed by atoms with Gasteiger partial charge in [0.2, 0.25) is 0 Å². The van der Waals surface area contributed by atoms with Gasteiger partial charge in [0, 0.05) is 29.9 Å². The summed E-state index contributed by atoms with van der Waals surface area (Å²) in [5, 5.41) is 4.30. The van der Waals surface area contributed by atoms with E-state index in [0.717, 1.165) is 19.5 Å². The standard InChI is InChI=1S/C9H13BrN2S/c10-8-5-13-6-9(8)12-3-1-2-7(11)4-12/h5-7H,1-4,11H2. The molecule has 13 heavy (non-hydrogen) atoms. The SMILES string of the molecule is NC1CCCN(c2cscc2Br)C1. The van der Waals surface area contributed by atoms with Crippen LogP contribution in [-0.2, 0) is 0 Å². The molecule has 2 heterocycles. The predicted molar refractivity (Wildman–Crippen MR) is 61.4 cm³/mol.